The number of nitrogens with one attached hydrogen (secondary N) is 1. The zero-order chi connectivity index (χ0) is 21.8. The third kappa shape index (κ3) is 4.40. The number of carbonyl (C=O) groups excluding carboxylic acids is 1. The molecule has 5 nitrogen and oxygen atoms in total. The molecule has 0 radical (unpaired) electrons. The lowest BCUT2D eigenvalue weighted by molar-refractivity contribution is 0.0224. The third-order valence-corrected chi connectivity index (χ3v) is 6.13. The van der Waals surface area contributed by atoms with Crippen LogP contribution in [0.1, 0.15) is 42.7 Å². The SMILES string of the molecule is N#C[C@@H]1[C@H](c2ccc(C#CC3CCCC3)cc2)[C@H](CO)N1C(=O)Nc1ccc(F)cc1. The van der Waals surface area contributed by atoms with Gasteiger partial charge in [0.15, 0.2) is 0 Å². The molecule has 0 unspecified atom stereocenters. The van der Waals surface area contributed by atoms with E-state index >= 15 is 0 Å². The topological polar surface area (TPSA) is 76.4 Å². The molecule has 158 valence electrons. The first-order valence-electron chi connectivity index (χ1n) is 10.6. The molecule has 1 aliphatic carbocycles. The van der Waals surface area contributed by atoms with Crippen LogP contribution in [-0.2, 0) is 0 Å². The Bertz CT molecular complexity index is 1030. The number of halogens is 1. The first kappa shape index (κ1) is 20.9. The summed E-state index contributed by atoms with van der Waals surface area (Å²) in [6.07, 6.45) is 4.85. The number of aliphatic hydroxyl groups is 1. The van der Waals surface area contributed by atoms with E-state index in [0.29, 0.717) is 11.6 Å². The van der Waals surface area contributed by atoms with Crippen LogP contribution in [0.3, 0.4) is 0 Å². The first-order valence-corrected chi connectivity index (χ1v) is 10.6. The second-order valence-corrected chi connectivity index (χ2v) is 8.07. The predicted molar refractivity (Wildman–Crippen MR) is 116 cm³/mol. The number of hydrogen-bond donors (Lipinski definition) is 2. The van der Waals surface area contributed by atoms with Gasteiger partial charge in [-0.1, -0.05) is 36.8 Å². The highest BCUT2D eigenvalue weighted by molar-refractivity contribution is 5.91. The minimum atomic E-state index is -0.701. The third-order valence-electron chi connectivity index (χ3n) is 6.13. The number of nitriles is 1. The summed E-state index contributed by atoms with van der Waals surface area (Å²) < 4.78 is 13.1. The molecule has 6 heteroatoms. The molecular weight excluding hydrogens is 393 g/mol. The zero-order valence-corrected chi connectivity index (χ0v) is 17.1. The van der Waals surface area contributed by atoms with E-state index in [4.69, 9.17) is 0 Å². The Hall–Kier alpha value is -3.35. The fourth-order valence-electron chi connectivity index (χ4n) is 4.45. The van der Waals surface area contributed by atoms with Gasteiger partial charge in [-0.3, -0.25) is 0 Å². The van der Waals surface area contributed by atoms with E-state index in [0.717, 1.165) is 11.1 Å². The molecule has 3 atom stereocenters. The molecule has 1 saturated heterocycles. The van der Waals surface area contributed by atoms with E-state index in [1.54, 1.807) is 0 Å². The summed E-state index contributed by atoms with van der Waals surface area (Å²) in [6.45, 7) is -0.261. The van der Waals surface area contributed by atoms with Gasteiger partial charge in [0, 0.05) is 23.1 Å². The van der Waals surface area contributed by atoms with Gasteiger partial charge in [0.05, 0.1) is 18.7 Å². The number of benzene rings is 2. The van der Waals surface area contributed by atoms with Gasteiger partial charge in [0.25, 0.3) is 0 Å². The van der Waals surface area contributed by atoms with Crippen molar-refractivity contribution in [2.45, 2.75) is 43.7 Å². The fraction of sp³-hybridized carbons (Fsp3) is 0.360. The van der Waals surface area contributed by atoms with Gasteiger partial charge in [-0.05, 0) is 54.8 Å². The first-order chi connectivity index (χ1) is 15.1. The lowest BCUT2D eigenvalue weighted by Crippen LogP contribution is -2.66. The van der Waals surface area contributed by atoms with Crippen LogP contribution in [0.2, 0.25) is 0 Å². The van der Waals surface area contributed by atoms with E-state index in [9.17, 15) is 19.6 Å². The van der Waals surface area contributed by atoms with Gasteiger partial charge in [-0.2, -0.15) is 5.26 Å². The van der Waals surface area contributed by atoms with E-state index in [2.05, 4.69) is 23.2 Å². The summed E-state index contributed by atoms with van der Waals surface area (Å²) in [4.78, 5) is 14.0. The number of urea groups is 1. The Balaban J connectivity index is 1.46. The van der Waals surface area contributed by atoms with Crippen LogP contribution < -0.4 is 5.32 Å². The van der Waals surface area contributed by atoms with Crippen LogP contribution in [-0.4, -0.2) is 34.7 Å². The number of carbonyl (C=O) groups is 1. The second-order valence-electron chi connectivity index (χ2n) is 8.07. The number of aliphatic hydroxyl groups excluding tert-OH is 1. The summed E-state index contributed by atoms with van der Waals surface area (Å²) >= 11 is 0. The maximum absolute atomic E-state index is 13.1. The van der Waals surface area contributed by atoms with Gasteiger partial charge >= 0.3 is 6.03 Å². The van der Waals surface area contributed by atoms with Crippen molar-refractivity contribution < 1.29 is 14.3 Å². The minimum Gasteiger partial charge on any atom is -0.394 e. The molecular formula is C25H24FN3O2. The summed E-state index contributed by atoms with van der Waals surface area (Å²) in [7, 11) is 0. The van der Waals surface area contributed by atoms with Crippen molar-refractivity contribution in [3.8, 4) is 17.9 Å². The number of hydrogen-bond acceptors (Lipinski definition) is 3. The Morgan fingerprint density at radius 1 is 1.13 bits per heavy atom. The molecule has 0 aromatic heterocycles. The summed E-state index contributed by atoms with van der Waals surface area (Å²) in [5, 5.41) is 22.3. The maximum Gasteiger partial charge on any atom is 0.323 e. The van der Waals surface area contributed by atoms with Crippen molar-refractivity contribution >= 4 is 11.7 Å². The Morgan fingerprint density at radius 3 is 2.42 bits per heavy atom. The van der Waals surface area contributed by atoms with Crippen molar-refractivity contribution in [3.63, 3.8) is 0 Å². The molecule has 4 rings (SSSR count). The van der Waals surface area contributed by atoms with E-state index in [-0.39, 0.29) is 12.5 Å². The van der Waals surface area contributed by atoms with Crippen LogP contribution in [0.4, 0.5) is 14.9 Å². The number of anilines is 1. The summed E-state index contributed by atoms with van der Waals surface area (Å²) in [5.74, 6) is 6.37. The average molecular weight is 417 g/mol. The average Bonchev–Trinajstić information content (AvgIpc) is 3.28. The van der Waals surface area contributed by atoms with Gasteiger partial charge in [-0.25, -0.2) is 9.18 Å². The van der Waals surface area contributed by atoms with Crippen molar-refractivity contribution in [1.82, 2.24) is 4.90 Å². The summed E-state index contributed by atoms with van der Waals surface area (Å²) in [5.41, 5.74) is 2.24. The Kier molecular flexibility index (Phi) is 6.21. The van der Waals surface area contributed by atoms with Crippen LogP contribution in [0.5, 0.6) is 0 Å². The molecule has 1 heterocycles. The van der Waals surface area contributed by atoms with Crippen LogP contribution in [0, 0.1) is 34.9 Å². The molecule has 31 heavy (non-hydrogen) atoms. The standard InChI is InChI=1S/C25H24FN3O2/c26-20-11-13-21(14-12-20)28-25(31)29-22(15-27)24(23(29)16-30)19-9-7-18(8-10-19)6-5-17-3-1-2-4-17/h7-14,17,22-24,30H,1-4,16H2,(H,28,31)/t22-,23+,24+/m1/s1. The molecule has 2 aliphatic rings. The van der Waals surface area contributed by atoms with Gasteiger partial charge in [0.2, 0.25) is 0 Å². The van der Waals surface area contributed by atoms with E-state index < -0.39 is 23.9 Å². The Labute approximate surface area is 181 Å². The highest BCUT2D eigenvalue weighted by Crippen LogP contribution is 2.40. The van der Waals surface area contributed by atoms with Crippen molar-refractivity contribution in [2.24, 2.45) is 5.92 Å². The monoisotopic (exact) mass is 417 g/mol. The molecule has 2 aromatic rings. The molecule has 2 amide bonds. The molecule has 2 N–H and O–H groups in total. The molecule has 2 fully saturated rings. The minimum absolute atomic E-state index is 0.261. The number of likely N-dealkylation sites (tertiary alicyclic amines) is 1. The lowest BCUT2D eigenvalue weighted by Gasteiger charge is -2.51. The second kappa shape index (κ2) is 9.20. The highest BCUT2D eigenvalue weighted by Gasteiger charge is 2.51. The van der Waals surface area contributed by atoms with Gasteiger partial charge < -0.3 is 15.3 Å². The maximum atomic E-state index is 13.1. The quantitative estimate of drug-likeness (QED) is 0.733. The smallest absolute Gasteiger partial charge is 0.323 e. The number of nitrogens with zero attached hydrogens (tertiary/aromatic N) is 2. The zero-order valence-electron chi connectivity index (χ0n) is 17.1. The normalized spacial score (nSPS) is 22.7. The number of amides is 2. The van der Waals surface area contributed by atoms with Gasteiger partial charge in [-0.15, -0.1) is 0 Å². The molecule has 1 saturated carbocycles. The summed E-state index contributed by atoms with van der Waals surface area (Å²) in [6, 6.07) is 13.6. The Morgan fingerprint density at radius 2 is 1.81 bits per heavy atom. The highest BCUT2D eigenvalue weighted by atomic mass is 19.1. The predicted octanol–water partition coefficient (Wildman–Crippen LogP) is 4.25. The molecule has 1 aliphatic heterocycles. The van der Waals surface area contributed by atoms with Crippen LogP contribution >= 0.6 is 0 Å². The molecule has 0 spiro atoms. The lowest BCUT2D eigenvalue weighted by atomic mass is 9.76. The van der Waals surface area contributed by atoms with E-state index in [1.807, 2.05) is 24.3 Å². The van der Waals surface area contributed by atoms with Gasteiger partial charge in [0.1, 0.15) is 11.9 Å². The van der Waals surface area contributed by atoms with Crippen molar-refractivity contribution in [2.75, 3.05) is 11.9 Å². The molecule has 2 aromatic carbocycles. The largest absolute Gasteiger partial charge is 0.394 e. The fourth-order valence-corrected chi connectivity index (χ4v) is 4.45. The number of rotatable bonds is 3. The molecule has 0 bridgehead atoms. The van der Waals surface area contributed by atoms with Crippen LogP contribution in [0.25, 0.3) is 0 Å². The van der Waals surface area contributed by atoms with Crippen molar-refractivity contribution in [3.05, 3.63) is 65.5 Å². The van der Waals surface area contributed by atoms with Crippen molar-refractivity contribution in [1.29, 1.82) is 5.26 Å². The van der Waals surface area contributed by atoms with Crippen LogP contribution in [0.15, 0.2) is 48.5 Å². The van der Waals surface area contributed by atoms with E-state index in [1.165, 1.54) is 54.8 Å².